The highest BCUT2D eigenvalue weighted by atomic mass is 16.5. The summed E-state index contributed by atoms with van der Waals surface area (Å²) in [6, 6.07) is 20.9. The third-order valence-electron chi connectivity index (χ3n) is 7.06. The lowest BCUT2D eigenvalue weighted by atomic mass is 9.69. The van der Waals surface area contributed by atoms with Gasteiger partial charge >= 0.3 is 5.97 Å². The maximum atomic E-state index is 13.8. The first-order valence-electron chi connectivity index (χ1n) is 11.8. The number of hydrogen-bond donors (Lipinski definition) is 0. The zero-order valence-electron chi connectivity index (χ0n) is 20.4. The minimum Gasteiger partial charge on any atom is -0.468 e. The van der Waals surface area contributed by atoms with Crippen molar-refractivity contribution in [2.24, 2.45) is 5.41 Å². The Hall–Kier alpha value is -4.44. The average Bonchev–Trinajstić information content (AvgIpc) is 3.38. The molecule has 1 aromatic heterocycles. The maximum absolute atomic E-state index is 13.8. The van der Waals surface area contributed by atoms with E-state index >= 15 is 0 Å². The predicted octanol–water partition coefficient (Wildman–Crippen LogP) is 4.84. The Bertz CT molecular complexity index is 1460. The van der Waals surface area contributed by atoms with Crippen molar-refractivity contribution in [2.45, 2.75) is 32.7 Å². The Balaban J connectivity index is 1.78. The summed E-state index contributed by atoms with van der Waals surface area (Å²) in [5.41, 5.74) is 4.31. The summed E-state index contributed by atoms with van der Waals surface area (Å²) < 4.78 is 6.75. The number of carbonyl (C=O) groups is 2. The third-order valence-corrected chi connectivity index (χ3v) is 7.06. The van der Waals surface area contributed by atoms with Crippen molar-refractivity contribution in [2.75, 3.05) is 7.11 Å². The van der Waals surface area contributed by atoms with Crippen LogP contribution in [0.25, 0.3) is 17.3 Å². The van der Waals surface area contributed by atoms with E-state index in [0.717, 1.165) is 33.8 Å². The normalized spacial score (nSPS) is 20.1. The second-order valence-electron chi connectivity index (χ2n) is 9.15. The lowest BCUT2D eigenvalue weighted by Crippen LogP contribution is -2.47. The number of aryl methyl sites for hydroxylation is 2. The molecule has 0 saturated carbocycles. The summed E-state index contributed by atoms with van der Waals surface area (Å²) in [6.07, 6.45) is 3.70. The minimum absolute atomic E-state index is 0.0366. The van der Waals surface area contributed by atoms with Crippen LogP contribution < -0.4 is 0 Å². The van der Waals surface area contributed by atoms with Gasteiger partial charge in [0.25, 0.3) is 0 Å². The Morgan fingerprint density at radius 3 is 2.50 bits per heavy atom. The number of esters is 1. The van der Waals surface area contributed by atoms with Gasteiger partial charge in [0.05, 0.1) is 43.5 Å². The molecule has 0 N–H and O–H groups in total. The van der Waals surface area contributed by atoms with Crippen LogP contribution in [0.1, 0.15) is 45.7 Å². The molecule has 0 spiro atoms. The molecule has 180 valence electrons. The average molecular weight is 479 g/mol. The number of aromatic nitrogens is 2. The van der Waals surface area contributed by atoms with Crippen molar-refractivity contribution in [3.8, 4) is 6.07 Å². The summed E-state index contributed by atoms with van der Waals surface area (Å²) in [7, 11) is 1.33. The molecule has 7 heteroatoms. The van der Waals surface area contributed by atoms with Gasteiger partial charge < -0.3 is 9.64 Å². The summed E-state index contributed by atoms with van der Waals surface area (Å²) in [5.74, 6) is -0.792. The quantitative estimate of drug-likeness (QED) is 0.488. The molecule has 0 radical (unpaired) electrons. The van der Waals surface area contributed by atoms with E-state index in [-0.39, 0.29) is 18.7 Å². The molecule has 3 aromatic rings. The van der Waals surface area contributed by atoms with Gasteiger partial charge in [-0.2, -0.15) is 10.4 Å². The fraction of sp³-hybridized carbons (Fsp3) is 0.241. The van der Waals surface area contributed by atoms with Crippen molar-refractivity contribution in [3.63, 3.8) is 0 Å². The molecule has 5 rings (SSSR count). The zero-order valence-corrected chi connectivity index (χ0v) is 20.4. The Morgan fingerprint density at radius 2 is 1.83 bits per heavy atom. The molecule has 2 aromatic carbocycles. The zero-order chi connectivity index (χ0) is 25.4. The predicted molar refractivity (Wildman–Crippen MR) is 136 cm³/mol. The summed E-state index contributed by atoms with van der Waals surface area (Å²) in [4.78, 5) is 29.3. The van der Waals surface area contributed by atoms with Gasteiger partial charge in [-0.1, -0.05) is 54.6 Å². The number of fused-ring (bicyclic) bond motifs is 3. The molecule has 0 amide bonds. The van der Waals surface area contributed by atoms with E-state index in [2.05, 4.69) is 11.2 Å². The summed E-state index contributed by atoms with van der Waals surface area (Å²) in [5, 5.41) is 14.4. The van der Waals surface area contributed by atoms with Gasteiger partial charge in [-0.25, -0.2) is 4.68 Å². The number of methoxy groups -OCH3 is 1. The van der Waals surface area contributed by atoms with Crippen LogP contribution in [0.3, 0.4) is 0 Å². The largest absolute Gasteiger partial charge is 0.468 e. The topological polar surface area (TPSA) is 88.2 Å². The molecule has 2 aliphatic heterocycles. The van der Waals surface area contributed by atoms with Crippen molar-refractivity contribution < 1.29 is 14.3 Å². The molecule has 0 saturated heterocycles. The third kappa shape index (κ3) is 3.45. The molecule has 7 nitrogen and oxygen atoms in total. The number of nitriles is 1. The highest BCUT2D eigenvalue weighted by molar-refractivity contribution is 6.08. The van der Waals surface area contributed by atoms with E-state index in [4.69, 9.17) is 4.74 Å². The van der Waals surface area contributed by atoms with E-state index in [9.17, 15) is 14.9 Å². The Morgan fingerprint density at radius 1 is 1.11 bits per heavy atom. The minimum atomic E-state index is -1.40. The monoisotopic (exact) mass is 478 g/mol. The molecule has 0 unspecified atom stereocenters. The highest BCUT2D eigenvalue weighted by Crippen LogP contribution is 2.57. The van der Waals surface area contributed by atoms with Crippen LogP contribution in [0.4, 0.5) is 0 Å². The molecular formula is C29H26N4O3. The van der Waals surface area contributed by atoms with Gasteiger partial charge in [0.15, 0.2) is 0 Å². The number of carbonyl (C=O) groups excluding carboxylic acids is 2. The number of ether oxygens (including phenoxy) is 1. The van der Waals surface area contributed by atoms with E-state index < -0.39 is 17.4 Å². The molecule has 3 heterocycles. The van der Waals surface area contributed by atoms with Crippen LogP contribution in [0, 0.1) is 30.6 Å². The first-order chi connectivity index (χ1) is 17.4. The highest BCUT2D eigenvalue weighted by Gasteiger charge is 2.59. The van der Waals surface area contributed by atoms with Gasteiger partial charge in [-0.3, -0.25) is 9.59 Å². The molecule has 36 heavy (non-hydrogen) atoms. The number of nitrogens with zero attached hydrogens (tertiary/aromatic N) is 4. The molecule has 2 aliphatic rings. The van der Waals surface area contributed by atoms with Gasteiger partial charge in [0.2, 0.25) is 5.91 Å². The lowest BCUT2D eigenvalue weighted by molar-refractivity contribution is -0.150. The van der Waals surface area contributed by atoms with Crippen LogP contribution in [-0.4, -0.2) is 39.7 Å². The van der Waals surface area contributed by atoms with Crippen LogP contribution in [0.15, 0.2) is 66.9 Å². The number of benzene rings is 2. The maximum Gasteiger partial charge on any atom is 0.319 e. The lowest BCUT2D eigenvalue weighted by Gasteiger charge is -2.37. The molecule has 0 bridgehead atoms. The molecule has 0 fully saturated rings. The summed E-state index contributed by atoms with van der Waals surface area (Å²) in [6.45, 7) is 3.66. The van der Waals surface area contributed by atoms with E-state index in [0.29, 0.717) is 5.57 Å². The first-order valence-corrected chi connectivity index (χ1v) is 11.8. The Kier molecular flexibility index (Phi) is 5.81. The Labute approximate surface area is 209 Å². The van der Waals surface area contributed by atoms with Crippen molar-refractivity contribution in [1.82, 2.24) is 14.7 Å². The first kappa shape index (κ1) is 23.3. The van der Waals surface area contributed by atoms with E-state index in [1.807, 2.05) is 91.7 Å². The van der Waals surface area contributed by atoms with Crippen LogP contribution in [0.5, 0.6) is 0 Å². The van der Waals surface area contributed by atoms with Crippen molar-refractivity contribution in [1.29, 1.82) is 5.26 Å². The van der Waals surface area contributed by atoms with Crippen molar-refractivity contribution in [3.05, 3.63) is 94.9 Å². The van der Waals surface area contributed by atoms with Gasteiger partial charge in [-0.15, -0.1) is 0 Å². The van der Waals surface area contributed by atoms with Crippen LogP contribution >= 0.6 is 0 Å². The van der Waals surface area contributed by atoms with Gasteiger partial charge in [0, 0.05) is 23.0 Å². The number of rotatable bonds is 5. The molecule has 0 aliphatic carbocycles. The second-order valence-corrected chi connectivity index (χ2v) is 9.15. The van der Waals surface area contributed by atoms with Crippen LogP contribution in [0.2, 0.25) is 0 Å². The summed E-state index contributed by atoms with van der Waals surface area (Å²) >= 11 is 0. The standard InChI is InChI=1S/C29H26N4O3/c1-19-17-20(2)33(31-19)25(34)18-24-29(14-15-30,28(35)36-3)26(22-10-5-4-6-11-22)27-23-12-8-7-9-21(23)13-16-32(24)27/h4-13,16-17,24H,14,18H2,1-3H3/t24-,29+/m0/s1. The number of hydrogen-bond acceptors (Lipinski definition) is 6. The van der Waals surface area contributed by atoms with Gasteiger partial charge in [0.1, 0.15) is 5.41 Å². The fourth-order valence-corrected chi connectivity index (χ4v) is 5.60. The van der Waals surface area contributed by atoms with E-state index in [1.54, 1.807) is 0 Å². The SMILES string of the molecule is COC(=O)[C@@]1(CC#N)C(c2ccccc2)=C2c3ccccc3C=CN2[C@H]1CC(=O)n1nc(C)cc1C. The molecular weight excluding hydrogens is 452 g/mol. The van der Waals surface area contributed by atoms with Crippen LogP contribution in [-0.2, 0) is 9.53 Å². The second kappa shape index (κ2) is 8.97. The van der Waals surface area contributed by atoms with Crippen molar-refractivity contribution >= 4 is 29.2 Å². The smallest absolute Gasteiger partial charge is 0.319 e. The molecule has 2 atom stereocenters. The van der Waals surface area contributed by atoms with E-state index in [1.165, 1.54) is 11.8 Å². The van der Waals surface area contributed by atoms with Gasteiger partial charge in [-0.05, 0) is 37.1 Å². The fourth-order valence-electron chi connectivity index (χ4n) is 5.60.